The first-order chi connectivity index (χ1) is 10.6. The number of nitrogens with zero attached hydrogens (tertiary/aromatic N) is 2. The monoisotopic (exact) mass is 301 g/mol. The zero-order valence-electron chi connectivity index (χ0n) is 12.8. The minimum atomic E-state index is -0.275. The summed E-state index contributed by atoms with van der Waals surface area (Å²) in [7, 11) is 0. The van der Waals surface area contributed by atoms with E-state index in [0.29, 0.717) is 19.6 Å². The number of primary amides is 1. The number of piperidine rings is 1. The van der Waals surface area contributed by atoms with Crippen molar-refractivity contribution in [3.63, 3.8) is 0 Å². The van der Waals surface area contributed by atoms with Crippen molar-refractivity contribution in [2.24, 2.45) is 11.7 Å². The quantitative estimate of drug-likeness (QED) is 0.808. The van der Waals surface area contributed by atoms with E-state index in [1.807, 2.05) is 35.2 Å². The van der Waals surface area contributed by atoms with Crippen LogP contribution < -0.4 is 10.6 Å². The van der Waals surface area contributed by atoms with Crippen LogP contribution in [-0.2, 0) is 9.59 Å². The van der Waals surface area contributed by atoms with Gasteiger partial charge in [0.2, 0.25) is 11.8 Å². The molecular formula is C17H23N3O2. The highest BCUT2D eigenvalue weighted by Crippen LogP contribution is 2.18. The molecule has 0 aromatic heterocycles. The van der Waals surface area contributed by atoms with E-state index >= 15 is 0 Å². The molecule has 2 rings (SSSR count). The molecule has 1 heterocycles. The van der Waals surface area contributed by atoms with Gasteiger partial charge in [-0.3, -0.25) is 14.5 Å². The van der Waals surface area contributed by atoms with Crippen LogP contribution >= 0.6 is 0 Å². The van der Waals surface area contributed by atoms with Crippen molar-refractivity contribution in [1.29, 1.82) is 0 Å². The Balaban J connectivity index is 2.02. The predicted octanol–water partition coefficient (Wildman–Crippen LogP) is 1.40. The Bertz CT molecular complexity index is 530. The van der Waals surface area contributed by atoms with Gasteiger partial charge in [0.1, 0.15) is 0 Å². The van der Waals surface area contributed by atoms with Gasteiger partial charge in [-0.15, -0.1) is 6.58 Å². The molecule has 1 aliphatic rings. The fraction of sp³-hybridized carbons (Fsp3) is 0.412. The highest BCUT2D eigenvalue weighted by Gasteiger charge is 2.26. The van der Waals surface area contributed by atoms with Crippen LogP contribution in [-0.4, -0.2) is 42.9 Å². The third kappa shape index (κ3) is 4.18. The van der Waals surface area contributed by atoms with E-state index in [1.54, 1.807) is 11.0 Å². The van der Waals surface area contributed by atoms with Crippen LogP contribution in [0.3, 0.4) is 0 Å². The van der Waals surface area contributed by atoms with Crippen LogP contribution in [0.4, 0.5) is 5.69 Å². The van der Waals surface area contributed by atoms with Crippen LogP contribution in [0.1, 0.15) is 12.8 Å². The van der Waals surface area contributed by atoms with Crippen molar-refractivity contribution >= 4 is 17.5 Å². The topological polar surface area (TPSA) is 66.6 Å². The second kappa shape index (κ2) is 7.75. The van der Waals surface area contributed by atoms with Gasteiger partial charge in [-0.25, -0.2) is 0 Å². The number of rotatable bonds is 6. The number of nitrogens with two attached hydrogens (primary N) is 1. The summed E-state index contributed by atoms with van der Waals surface area (Å²) in [5.41, 5.74) is 6.24. The van der Waals surface area contributed by atoms with Crippen LogP contribution in [0.25, 0.3) is 0 Å². The van der Waals surface area contributed by atoms with Crippen LogP contribution in [0, 0.1) is 5.92 Å². The van der Waals surface area contributed by atoms with E-state index in [4.69, 9.17) is 5.73 Å². The van der Waals surface area contributed by atoms with Crippen LogP contribution in [0.2, 0.25) is 0 Å². The van der Waals surface area contributed by atoms with Crippen LogP contribution in [0.15, 0.2) is 43.0 Å². The maximum atomic E-state index is 12.6. The van der Waals surface area contributed by atoms with Crippen molar-refractivity contribution in [2.75, 3.05) is 31.1 Å². The molecule has 2 amide bonds. The zero-order valence-corrected chi connectivity index (χ0v) is 12.8. The second-order valence-corrected chi connectivity index (χ2v) is 5.61. The van der Waals surface area contributed by atoms with Gasteiger partial charge in [0.05, 0.1) is 12.5 Å². The van der Waals surface area contributed by atoms with Crippen molar-refractivity contribution in [2.45, 2.75) is 12.8 Å². The number of para-hydroxylation sites is 1. The average Bonchev–Trinajstić information content (AvgIpc) is 2.53. The lowest BCUT2D eigenvalue weighted by Crippen LogP contribution is -2.46. The Morgan fingerprint density at radius 2 is 2.09 bits per heavy atom. The number of carbonyl (C=O) groups is 2. The molecule has 1 aliphatic heterocycles. The molecule has 0 spiro atoms. The van der Waals surface area contributed by atoms with Gasteiger partial charge in [-0.2, -0.15) is 0 Å². The number of hydrogen-bond donors (Lipinski definition) is 1. The fourth-order valence-corrected chi connectivity index (χ4v) is 2.80. The molecular weight excluding hydrogens is 278 g/mol. The minimum absolute atomic E-state index is 0.0104. The number of anilines is 1. The summed E-state index contributed by atoms with van der Waals surface area (Å²) in [5, 5.41) is 0. The molecule has 0 unspecified atom stereocenters. The van der Waals surface area contributed by atoms with E-state index in [1.165, 1.54) is 0 Å². The molecule has 0 radical (unpaired) electrons. The van der Waals surface area contributed by atoms with Gasteiger partial charge >= 0.3 is 0 Å². The predicted molar refractivity (Wildman–Crippen MR) is 87.4 cm³/mol. The Labute approximate surface area is 131 Å². The molecule has 0 saturated carbocycles. The Morgan fingerprint density at radius 1 is 1.36 bits per heavy atom. The molecule has 0 bridgehead atoms. The van der Waals surface area contributed by atoms with Crippen molar-refractivity contribution in [3.8, 4) is 0 Å². The average molecular weight is 301 g/mol. The van der Waals surface area contributed by atoms with Gasteiger partial charge in [-0.1, -0.05) is 24.3 Å². The smallest absolute Gasteiger partial charge is 0.241 e. The summed E-state index contributed by atoms with van der Waals surface area (Å²) in [6.45, 7) is 5.88. The van der Waals surface area contributed by atoms with Gasteiger partial charge in [0.25, 0.3) is 0 Å². The van der Waals surface area contributed by atoms with Gasteiger partial charge in [0.15, 0.2) is 0 Å². The molecule has 2 N–H and O–H groups in total. The summed E-state index contributed by atoms with van der Waals surface area (Å²) in [6.07, 6.45) is 3.43. The SMILES string of the molecule is C=CCN(C(=O)CN1CCC[C@@H](C(N)=O)C1)c1ccccc1. The number of carbonyl (C=O) groups excluding carboxylic acids is 2. The summed E-state index contributed by atoms with van der Waals surface area (Å²) in [5.74, 6) is -0.412. The molecule has 1 saturated heterocycles. The van der Waals surface area contributed by atoms with E-state index in [2.05, 4.69) is 6.58 Å². The lowest BCUT2D eigenvalue weighted by molar-refractivity contribution is -0.125. The third-order valence-corrected chi connectivity index (χ3v) is 3.95. The van der Waals surface area contributed by atoms with Gasteiger partial charge in [0, 0.05) is 18.8 Å². The summed E-state index contributed by atoms with van der Waals surface area (Å²) >= 11 is 0. The maximum Gasteiger partial charge on any atom is 0.241 e. The van der Waals surface area contributed by atoms with E-state index in [9.17, 15) is 9.59 Å². The van der Waals surface area contributed by atoms with Gasteiger partial charge in [-0.05, 0) is 31.5 Å². The molecule has 1 atom stereocenters. The molecule has 1 aromatic rings. The summed E-state index contributed by atoms with van der Waals surface area (Å²) in [4.78, 5) is 27.7. The Hall–Kier alpha value is -2.14. The standard InChI is InChI=1S/C17H23N3O2/c1-2-10-20(15-8-4-3-5-9-15)16(21)13-19-11-6-7-14(12-19)17(18)22/h2-5,8-9,14H,1,6-7,10-13H2,(H2,18,22)/t14-/m1/s1. The van der Waals surface area contributed by atoms with E-state index in [0.717, 1.165) is 25.1 Å². The Morgan fingerprint density at radius 3 is 2.73 bits per heavy atom. The molecule has 118 valence electrons. The molecule has 1 aromatic carbocycles. The zero-order chi connectivity index (χ0) is 15.9. The van der Waals surface area contributed by atoms with Crippen molar-refractivity contribution < 1.29 is 9.59 Å². The lowest BCUT2D eigenvalue weighted by Gasteiger charge is -2.32. The Kier molecular flexibility index (Phi) is 5.72. The van der Waals surface area contributed by atoms with E-state index < -0.39 is 0 Å². The van der Waals surface area contributed by atoms with E-state index in [-0.39, 0.29) is 17.7 Å². The molecule has 22 heavy (non-hydrogen) atoms. The first kappa shape index (κ1) is 16.2. The number of likely N-dealkylation sites (tertiary alicyclic amines) is 1. The molecule has 5 heteroatoms. The number of hydrogen-bond acceptors (Lipinski definition) is 3. The molecule has 0 aliphatic carbocycles. The minimum Gasteiger partial charge on any atom is -0.369 e. The van der Waals surface area contributed by atoms with Crippen molar-refractivity contribution in [1.82, 2.24) is 4.90 Å². The molecule has 1 fully saturated rings. The number of benzene rings is 1. The second-order valence-electron chi connectivity index (χ2n) is 5.61. The lowest BCUT2D eigenvalue weighted by atomic mass is 9.97. The molecule has 5 nitrogen and oxygen atoms in total. The highest BCUT2D eigenvalue weighted by atomic mass is 16.2. The fourth-order valence-electron chi connectivity index (χ4n) is 2.80. The largest absolute Gasteiger partial charge is 0.369 e. The normalized spacial score (nSPS) is 18.6. The van der Waals surface area contributed by atoms with Crippen molar-refractivity contribution in [3.05, 3.63) is 43.0 Å². The first-order valence-electron chi connectivity index (χ1n) is 7.59. The highest BCUT2D eigenvalue weighted by molar-refractivity contribution is 5.95. The maximum absolute atomic E-state index is 12.6. The third-order valence-electron chi connectivity index (χ3n) is 3.95. The first-order valence-corrected chi connectivity index (χ1v) is 7.59. The van der Waals surface area contributed by atoms with Gasteiger partial charge < -0.3 is 10.6 Å². The number of amides is 2. The van der Waals surface area contributed by atoms with Crippen LogP contribution in [0.5, 0.6) is 0 Å². The summed E-state index contributed by atoms with van der Waals surface area (Å²) < 4.78 is 0. The summed E-state index contributed by atoms with van der Waals surface area (Å²) in [6, 6.07) is 9.54.